The van der Waals surface area contributed by atoms with E-state index >= 15 is 0 Å². The first-order valence-electron chi connectivity index (χ1n) is 6.44. The van der Waals surface area contributed by atoms with Crippen LogP contribution in [0.25, 0.3) is 28.6 Å². The first kappa shape index (κ1) is 13.5. The number of aromatic nitrogens is 3. The maximum Gasteiger partial charge on any atom is 0.138 e. The van der Waals surface area contributed by atoms with Gasteiger partial charge < -0.3 is 0 Å². The van der Waals surface area contributed by atoms with Crippen LogP contribution in [0.5, 0.6) is 0 Å². The summed E-state index contributed by atoms with van der Waals surface area (Å²) < 4.78 is 0. The Morgan fingerprint density at radius 1 is 0.952 bits per heavy atom. The van der Waals surface area contributed by atoms with Crippen LogP contribution in [0.2, 0.25) is 5.02 Å². The molecule has 4 heteroatoms. The summed E-state index contributed by atoms with van der Waals surface area (Å²) >= 11 is 6.16. The van der Waals surface area contributed by atoms with E-state index in [-0.39, 0.29) is 0 Å². The van der Waals surface area contributed by atoms with E-state index in [1.165, 1.54) is 6.33 Å². The highest BCUT2D eigenvalue weighted by atomic mass is 35.5. The normalized spacial score (nSPS) is 10.3. The topological polar surface area (TPSA) is 38.7 Å². The zero-order valence-electron chi connectivity index (χ0n) is 11.2. The Morgan fingerprint density at radius 2 is 1.76 bits per heavy atom. The third kappa shape index (κ3) is 2.83. The van der Waals surface area contributed by atoms with Gasteiger partial charge in [-0.15, -0.1) is 10.2 Å². The van der Waals surface area contributed by atoms with Crippen LogP contribution in [0.15, 0.2) is 61.4 Å². The summed E-state index contributed by atoms with van der Waals surface area (Å²) in [6.07, 6.45) is 3.20. The van der Waals surface area contributed by atoms with Gasteiger partial charge in [0.1, 0.15) is 17.7 Å². The molecule has 2 aromatic carbocycles. The zero-order chi connectivity index (χ0) is 14.7. The molecule has 0 atom stereocenters. The fourth-order valence-corrected chi connectivity index (χ4v) is 2.39. The average Bonchev–Trinajstić information content (AvgIpc) is 2.55. The molecule has 102 valence electrons. The van der Waals surface area contributed by atoms with Gasteiger partial charge in [0, 0.05) is 16.1 Å². The van der Waals surface area contributed by atoms with Crippen molar-refractivity contribution in [1.82, 2.24) is 15.2 Å². The molecule has 0 radical (unpaired) electrons. The third-order valence-electron chi connectivity index (χ3n) is 3.10. The van der Waals surface area contributed by atoms with Crippen molar-refractivity contribution >= 4 is 17.7 Å². The third-order valence-corrected chi connectivity index (χ3v) is 3.32. The molecule has 0 spiro atoms. The molecule has 0 aliphatic rings. The van der Waals surface area contributed by atoms with Gasteiger partial charge in [-0.25, -0.2) is 4.98 Å². The standard InChI is InChI=1S/C17H12ClN3/c1-2-12-8-14(10-15(18)9-12)17-16(19-11-20-21-17)13-6-4-3-5-7-13/h2-11H,1H2. The van der Waals surface area contributed by atoms with Crippen molar-refractivity contribution in [2.75, 3.05) is 0 Å². The van der Waals surface area contributed by atoms with Crippen molar-refractivity contribution in [3.8, 4) is 22.5 Å². The second-order valence-electron chi connectivity index (χ2n) is 4.50. The summed E-state index contributed by atoms with van der Waals surface area (Å²) in [5.41, 5.74) is 4.28. The minimum absolute atomic E-state index is 0.632. The van der Waals surface area contributed by atoms with Crippen molar-refractivity contribution < 1.29 is 0 Å². The van der Waals surface area contributed by atoms with Gasteiger partial charge >= 0.3 is 0 Å². The molecule has 3 aromatic rings. The molecule has 21 heavy (non-hydrogen) atoms. The number of halogens is 1. The smallest absolute Gasteiger partial charge is 0.138 e. The molecule has 0 fully saturated rings. The van der Waals surface area contributed by atoms with Crippen molar-refractivity contribution in [2.24, 2.45) is 0 Å². The van der Waals surface area contributed by atoms with Crippen LogP contribution in [0.3, 0.4) is 0 Å². The van der Waals surface area contributed by atoms with Crippen molar-refractivity contribution in [3.63, 3.8) is 0 Å². The predicted molar refractivity (Wildman–Crippen MR) is 85.8 cm³/mol. The van der Waals surface area contributed by atoms with Gasteiger partial charge in [-0.3, -0.25) is 0 Å². The van der Waals surface area contributed by atoms with Crippen molar-refractivity contribution in [1.29, 1.82) is 0 Å². The largest absolute Gasteiger partial charge is 0.232 e. The van der Waals surface area contributed by atoms with E-state index in [2.05, 4.69) is 21.8 Å². The van der Waals surface area contributed by atoms with Gasteiger partial charge in [0.05, 0.1) is 0 Å². The number of nitrogens with zero attached hydrogens (tertiary/aromatic N) is 3. The van der Waals surface area contributed by atoms with Gasteiger partial charge in [-0.05, 0) is 23.8 Å². The SMILES string of the molecule is C=Cc1cc(Cl)cc(-c2nncnc2-c2ccccc2)c1. The van der Waals surface area contributed by atoms with Crippen LogP contribution >= 0.6 is 11.6 Å². The van der Waals surface area contributed by atoms with E-state index < -0.39 is 0 Å². The summed E-state index contributed by atoms with van der Waals surface area (Å²) in [6, 6.07) is 15.6. The molecule has 1 aromatic heterocycles. The molecule has 1 heterocycles. The van der Waals surface area contributed by atoms with Gasteiger partial charge in [0.25, 0.3) is 0 Å². The van der Waals surface area contributed by atoms with E-state index in [0.717, 1.165) is 22.4 Å². The van der Waals surface area contributed by atoms with E-state index in [9.17, 15) is 0 Å². The van der Waals surface area contributed by atoms with Crippen LogP contribution in [-0.2, 0) is 0 Å². The lowest BCUT2D eigenvalue weighted by Crippen LogP contribution is -1.95. The number of hydrogen-bond acceptors (Lipinski definition) is 3. The predicted octanol–water partition coefficient (Wildman–Crippen LogP) is 4.50. The summed E-state index contributed by atoms with van der Waals surface area (Å²) in [5, 5.41) is 8.77. The highest BCUT2D eigenvalue weighted by Crippen LogP contribution is 2.30. The Morgan fingerprint density at radius 3 is 2.52 bits per heavy atom. The fraction of sp³-hybridized carbons (Fsp3) is 0. The van der Waals surface area contributed by atoms with Crippen LogP contribution in [0.1, 0.15) is 5.56 Å². The molecular weight excluding hydrogens is 282 g/mol. The van der Waals surface area contributed by atoms with Crippen LogP contribution < -0.4 is 0 Å². The minimum Gasteiger partial charge on any atom is -0.232 e. The lowest BCUT2D eigenvalue weighted by Gasteiger charge is -2.08. The lowest BCUT2D eigenvalue weighted by atomic mass is 10.0. The highest BCUT2D eigenvalue weighted by molar-refractivity contribution is 6.31. The Bertz CT molecular complexity index is 785. The van der Waals surface area contributed by atoms with E-state index in [0.29, 0.717) is 10.7 Å². The second-order valence-corrected chi connectivity index (χ2v) is 4.94. The summed E-state index contributed by atoms with van der Waals surface area (Å²) in [7, 11) is 0. The van der Waals surface area contributed by atoms with E-state index in [4.69, 9.17) is 11.6 Å². The first-order chi connectivity index (χ1) is 10.3. The number of rotatable bonds is 3. The van der Waals surface area contributed by atoms with Gasteiger partial charge in [0.2, 0.25) is 0 Å². The molecule has 0 bridgehead atoms. The molecule has 0 N–H and O–H groups in total. The quantitative estimate of drug-likeness (QED) is 0.713. The number of hydrogen-bond donors (Lipinski definition) is 0. The van der Waals surface area contributed by atoms with Crippen LogP contribution in [0, 0.1) is 0 Å². The van der Waals surface area contributed by atoms with E-state index in [1.54, 1.807) is 6.08 Å². The Labute approximate surface area is 128 Å². The molecule has 0 unspecified atom stereocenters. The van der Waals surface area contributed by atoms with Gasteiger partial charge in [-0.1, -0.05) is 54.6 Å². The maximum absolute atomic E-state index is 6.16. The summed E-state index contributed by atoms with van der Waals surface area (Å²) in [6.45, 7) is 3.78. The Kier molecular flexibility index (Phi) is 3.75. The summed E-state index contributed by atoms with van der Waals surface area (Å²) in [5.74, 6) is 0. The second kappa shape index (κ2) is 5.85. The molecule has 0 saturated carbocycles. The lowest BCUT2D eigenvalue weighted by molar-refractivity contribution is 0.981. The highest BCUT2D eigenvalue weighted by Gasteiger charge is 2.11. The maximum atomic E-state index is 6.16. The molecule has 0 aliphatic heterocycles. The Balaban J connectivity index is 2.20. The minimum atomic E-state index is 0.632. The zero-order valence-corrected chi connectivity index (χ0v) is 12.0. The average molecular weight is 294 g/mol. The molecule has 3 nitrogen and oxygen atoms in total. The van der Waals surface area contributed by atoms with Crippen LogP contribution in [0.4, 0.5) is 0 Å². The molecule has 0 amide bonds. The molecule has 0 aliphatic carbocycles. The monoisotopic (exact) mass is 293 g/mol. The summed E-state index contributed by atoms with van der Waals surface area (Å²) in [4.78, 5) is 4.37. The van der Waals surface area contributed by atoms with Crippen molar-refractivity contribution in [2.45, 2.75) is 0 Å². The van der Waals surface area contributed by atoms with Gasteiger partial charge in [0.15, 0.2) is 0 Å². The molecule has 0 saturated heterocycles. The number of benzene rings is 2. The first-order valence-corrected chi connectivity index (χ1v) is 6.82. The fourth-order valence-electron chi connectivity index (χ4n) is 2.14. The molecule has 3 rings (SSSR count). The van der Waals surface area contributed by atoms with Crippen molar-refractivity contribution in [3.05, 3.63) is 72.0 Å². The Hall–Kier alpha value is -2.52. The van der Waals surface area contributed by atoms with Gasteiger partial charge in [-0.2, -0.15) is 0 Å². The van der Waals surface area contributed by atoms with E-state index in [1.807, 2.05) is 48.5 Å². The molecular formula is C17H12ClN3. The van der Waals surface area contributed by atoms with Crippen LogP contribution in [-0.4, -0.2) is 15.2 Å².